The van der Waals surface area contributed by atoms with Gasteiger partial charge >= 0.3 is 0 Å². The predicted octanol–water partition coefficient (Wildman–Crippen LogP) is 2.83. The quantitative estimate of drug-likeness (QED) is 0.907. The number of nitrogens with zero attached hydrogens (tertiary/aromatic N) is 3. The molecule has 1 saturated heterocycles. The van der Waals surface area contributed by atoms with Crippen molar-refractivity contribution in [1.29, 1.82) is 0 Å². The van der Waals surface area contributed by atoms with Crippen molar-refractivity contribution in [2.75, 3.05) is 13.1 Å². The average Bonchev–Trinajstić information content (AvgIpc) is 2.74. The van der Waals surface area contributed by atoms with E-state index < -0.39 is 0 Å². The molecule has 1 aliphatic rings. The number of aryl methyl sites for hydroxylation is 2. The molecule has 0 spiro atoms. The Kier molecular flexibility index (Phi) is 5.47. The van der Waals surface area contributed by atoms with Gasteiger partial charge in [0.1, 0.15) is 0 Å². The maximum absolute atomic E-state index is 6.45. The van der Waals surface area contributed by atoms with Gasteiger partial charge in [-0.1, -0.05) is 25.4 Å². The maximum Gasteiger partial charge on any atom is 0.0860 e. The lowest BCUT2D eigenvalue weighted by atomic mass is 10.0. The second-order valence-electron chi connectivity index (χ2n) is 5.67. The highest BCUT2D eigenvalue weighted by atomic mass is 35.5. The first kappa shape index (κ1) is 15.8. The van der Waals surface area contributed by atoms with Crippen molar-refractivity contribution in [3.05, 3.63) is 16.4 Å². The van der Waals surface area contributed by atoms with Crippen LogP contribution in [0.4, 0.5) is 0 Å². The van der Waals surface area contributed by atoms with Gasteiger partial charge in [-0.25, -0.2) is 0 Å². The minimum atomic E-state index is 0.592. The van der Waals surface area contributed by atoms with Crippen molar-refractivity contribution in [2.45, 2.75) is 65.7 Å². The second-order valence-corrected chi connectivity index (χ2v) is 6.04. The van der Waals surface area contributed by atoms with Gasteiger partial charge in [0.2, 0.25) is 0 Å². The third-order valence-electron chi connectivity index (χ3n) is 4.38. The number of piperazine rings is 1. The van der Waals surface area contributed by atoms with E-state index in [2.05, 4.69) is 36.1 Å². The normalized spacial score (nSPS) is 24.2. The number of rotatable bonds is 5. The maximum atomic E-state index is 6.45. The monoisotopic (exact) mass is 298 g/mol. The molecule has 1 fully saturated rings. The number of hydrogen-bond donors (Lipinski definition) is 1. The molecule has 114 valence electrons. The Labute approximate surface area is 127 Å². The topological polar surface area (TPSA) is 33.1 Å². The van der Waals surface area contributed by atoms with Crippen LogP contribution in [0.2, 0.25) is 5.02 Å². The Bertz CT molecular complexity index is 443. The summed E-state index contributed by atoms with van der Waals surface area (Å²) in [4.78, 5) is 2.57. The Morgan fingerprint density at radius 2 is 2.05 bits per heavy atom. The van der Waals surface area contributed by atoms with Crippen molar-refractivity contribution in [1.82, 2.24) is 20.0 Å². The molecule has 5 heteroatoms. The highest BCUT2D eigenvalue weighted by Crippen LogP contribution is 2.24. The van der Waals surface area contributed by atoms with Gasteiger partial charge in [-0.05, 0) is 26.7 Å². The van der Waals surface area contributed by atoms with Crippen LogP contribution >= 0.6 is 11.6 Å². The first-order valence-electron chi connectivity index (χ1n) is 7.79. The molecule has 1 aromatic heterocycles. The molecular formula is C15H27ClN4. The van der Waals surface area contributed by atoms with Crippen LogP contribution in [0.15, 0.2) is 0 Å². The van der Waals surface area contributed by atoms with Crippen LogP contribution in [-0.2, 0) is 13.1 Å². The van der Waals surface area contributed by atoms with E-state index in [1.54, 1.807) is 0 Å². The van der Waals surface area contributed by atoms with Gasteiger partial charge in [-0.2, -0.15) is 5.10 Å². The van der Waals surface area contributed by atoms with E-state index in [0.717, 1.165) is 36.9 Å². The Morgan fingerprint density at radius 1 is 1.30 bits per heavy atom. The number of aromatic nitrogens is 2. The lowest BCUT2D eigenvalue weighted by Crippen LogP contribution is -2.55. The summed E-state index contributed by atoms with van der Waals surface area (Å²) in [5, 5.41) is 9.00. The van der Waals surface area contributed by atoms with E-state index in [0.29, 0.717) is 12.1 Å². The highest BCUT2D eigenvalue weighted by molar-refractivity contribution is 6.31. The van der Waals surface area contributed by atoms with E-state index in [-0.39, 0.29) is 0 Å². The summed E-state index contributed by atoms with van der Waals surface area (Å²) in [5.74, 6) is 0. The van der Waals surface area contributed by atoms with Crippen LogP contribution < -0.4 is 5.32 Å². The molecule has 0 amide bonds. The van der Waals surface area contributed by atoms with Gasteiger partial charge in [0, 0.05) is 38.3 Å². The van der Waals surface area contributed by atoms with E-state index in [9.17, 15) is 0 Å². The van der Waals surface area contributed by atoms with Crippen LogP contribution in [0.5, 0.6) is 0 Å². The van der Waals surface area contributed by atoms with Gasteiger partial charge in [0.15, 0.2) is 0 Å². The Balaban J connectivity index is 2.17. The van der Waals surface area contributed by atoms with Gasteiger partial charge in [0.05, 0.1) is 16.4 Å². The Morgan fingerprint density at radius 3 is 2.65 bits per heavy atom. The molecule has 2 rings (SSSR count). The van der Waals surface area contributed by atoms with Gasteiger partial charge in [-0.15, -0.1) is 0 Å². The van der Waals surface area contributed by atoms with E-state index in [1.165, 1.54) is 18.5 Å². The van der Waals surface area contributed by atoms with Crippen molar-refractivity contribution < 1.29 is 0 Å². The predicted molar refractivity (Wildman–Crippen MR) is 84.2 cm³/mol. The largest absolute Gasteiger partial charge is 0.311 e. The molecule has 1 aromatic rings. The molecule has 0 aromatic carbocycles. The van der Waals surface area contributed by atoms with Crippen LogP contribution in [0.3, 0.4) is 0 Å². The smallest absolute Gasteiger partial charge is 0.0860 e. The molecule has 0 radical (unpaired) electrons. The lowest BCUT2D eigenvalue weighted by Gasteiger charge is -2.40. The van der Waals surface area contributed by atoms with Crippen molar-refractivity contribution in [3.63, 3.8) is 0 Å². The summed E-state index contributed by atoms with van der Waals surface area (Å²) in [6.07, 6.45) is 2.34. The minimum absolute atomic E-state index is 0.592. The molecule has 2 heterocycles. The van der Waals surface area contributed by atoms with Gasteiger partial charge in [0.25, 0.3) is 0 Å². The SMILES string of the molecule is CCC1CN(Cc2c(Cl)c(C)nn2CC)C(CC)CN1. The molecule has 2 atom stereocenters. The zero-order valence-corrected chi connectivity index (χ0v) is 13.9. The minimum Gasteiger partial charge on any atom is -0.311 e. The summed E-state index contributed by atoms with van der Waals surface area (Å²) >= 11 is 6.45. The lowest BCUT2D eigenvalue weighted by molar-refractivity contribution is 0.114. The van der Waals surface area contributed by atoms with E-state index in [1.807, 2.05) is 11.6 Å². The summed E-state index contributed by atoms with van der Waals surface area (Å²) in [6.45, 7) is 12.6. The fourth-order valence-electron chi connectivity index (χ4n) is 3.01. The number of hydrogen-bond acceptors (Lipinski definition) is 3. The zero-order chi connectivity index (χ0) is 14.7. The summed E-state index contributed by atoms with van der Waals surface area (Å²) in [6, 6.07) is 1.19. The third-order valence-corrected chi connectivity index (χ3v) is 4.87. The average molecular weight is 299 g/mol. The van der Waals surface area contributed by atoms with Gasteiger partial charge < -0.3 is 5.32 Å². The summed E-state index contributed by atoms with van der Waals surface area (Å²) in [5.41, 5.74) is 2.11. The van der Waals surface area contributed by atoms with E-state index in [4.69, 9.17) is 11.6 Å². The standard InChI is InChI=1S/C15H27ClN4/c1-5-12-9-19(13(6-2)8-17-12)10-14-15(16)11(4)18-20(14)7-3/h12-13,17H,5-10H2,1-4H3. The molecule has 0 aliphatic carbocycles. The van der Waals surface area contributed by atoms with Crippen LogP contribution in [0, 0.1) is 6.92 Å². The van der Waals surface area contributed by atoms with Crippen molar-refractivity contribution in [2.24, 2.45) is 0 Å². The fraction of sp³-hybridized carbons (Fsp3) is 0.800. The molecule has 20 heavy (non-hydrogen) atoms. The van der Waals surface area contributed by atoms with Crippen LogP contribution in [-0.4, -0.2) is 39.9 Å². The highest BCUT2D eigenvalue weighted by Gasteiger charge is 2.27. The zero-order valence-electron chi connectivity index (χ0n) is 13.1. The molecule has 4 nitrogen and oxygen atoms in total. The van der Waals surface area contributed by atoms with E-state index >= 15 is 0 Å². The fourth-order valence-corrected chi connectivity index (χ4v) is 3.21. The van der Waals surface area contributed by atoms with Gasteiger partial charge in [-0.3, -0.25) is 9.58 Å². The van der Waals surface area contributed by atoms with Crippen molar-refractivity contribution >= 4 is 11.6 Å². The molecule has 0 saturated carbocycles. The van der Waals surface area contributed by atoms with Crippen molar-refractivity contribution in [3.8, 4) is 0 Å². The Hall–Kier alpha value is -0.580. The van der Waals surface area contributed by atoms with Crippen LogP contribution in [0.1, 0.15) is 45.0 Å². The second kappa shape index (κ2) is 6.92. The molecular weight excluding hydrogens is 272 g/mol. The molecule has 0 bridgehead atoms. The number of halogens is 1. The van der Waals surface area contributed by atoms with Crippen LogP contribution in [0.25, 0.3) is 0 Å². The third kappa shape index (κ3) is 3.18. The molecule has 1 aliphatic heterocycles. The first-order chi connectivity index (χ1) is 9.60. The number of nitrogens with one attached hydrogen (secondary N) is 1. The summed E-state index contributed by atoms with van der Waals surface area (Å²) < 4.78 is 2.05. The molecule has 2 unspecified atom stereocenters. The first-order valence-corrected chi connectivity index (χ1v) is 8.17. The summed E-state index contributed by atoms with van der Waals surface area (Å²) in [7, 11) is 0. The molecule has 1 N–H and O–H groups in total.